The standard InChI is InChI=1S/C25H24N4OS/c30-24(27-21-12-10-20(11-13-21)26-19-6-2-1-3-7-19)18-14-16-29(17-15-18)25-28-22-8-4-5-9-23(22)31-25/h1-13,18,26H,14-17H2,(H,27,30). The summed E-state index contributed by atoms with van der Waals surface area (Å²) < 4.78 is 1.21. The lowest BCUT2D eigenvalue weighted by Crippen LogP contribution is -2.38. The number of rotatable bonds is 5. The van der Waals surface area contributed by atoms with Crippen molar-refractivity contribution in [2.24, 2.45) is 5.92 Å². The molecule has 1 aliphatic heterocycles. The van der Waals surface area contributed by atoms with Gasteiger partial charge in [0, 0.05) is 36.1 Å². The Kier molecular flexibility index (Phi) is 5.54. The van der Waals surface area contributed by atoms with Gasteiger partial charge in [-0.1, -0.05) is 41.7 Å². The molecular formula is C25H24N4OS. The normalized spacial score (nSPS) is 14.5. The van der Waals surface area contributed by atoms with Gasteiger partial charge in [-0.15, -0.1) is 0 Å². The molecule has 156 valence electrons. The molecule has 0 spiro atoms. The topological polar surface area (TPSA) is 57.3 Å². The van der Waals surface area contributed by atoms with E-state index >= 15 is 0 Å². The Morgan fingerprint density at radius 1 is 0.839 bits per heavy atom. The number of benzene rings is 3. The second-order valence-electron chi connectivity index (χ2n) is 7.78. The molecular weight excluding hydrogens is 404 g/mol. The summed E-state index contributed by atoms with van der Waals surface area (Å²) in [5, 5.41) is 7.49. The molecule has 0 unspecified atom stereocenters. The van der Waals surface area contributed by atoms with E-state index in [-0.39, 0.29) is 11.8 Å². The Labute approximate surface area is 185 Å². The summed E-state index contributed by atoms with van der Waals surface area (Å²) in [5.74, 6) is 0.139. The van der Waals surface area contributed by atoms with Crippen LogP contribution in [-0.2, 0) is 4.79 Å². The predicted octanol–water partition coefficient (Wildman–Crippen LogP) is 5.90. The largest absolute Gasteiger partial charge is 0.356 e. The molecule has 1 aromatic heterocycles. The third-order valence-electron chi connectivity index (χ3n) is 5.63. The molecule has 3 aromatic carbocycles. The molecule has 1 fully saturated rings. The van der Waals surface area contributed by atoms with E-state index in [1.807, 2.05) is 66.7 Å². The molecule has 1 saturated heterocycles. The van der Waals surface area contributed by atoms with Crippen LogP contribution >= 0.6 is 11.3 Å². The van der Waals surface area contributed by atoms with Crippen LogP contribution in [0.3, 0.4) is 0 Å². The molecule has 0 atom stereocenters. The van der Waals surface area contributed by atoms with Gasteiger partial charge < -0.3 is 15.5 Å². The van der Waals surface area contributed by atoms with E-state index in [0.29, 0.717) is 0 Å². The number of piperidine rings is 1. The highest BCUT2D eigenvalue weighted by molar-refractivity contribution is 7.22. The smallest absolute Gasteiger partial charge is 0.227 e. The molecule has 2 N–H and O–H groups in total. The summed E-state index contributed by atoms with van der Waals surface area (Å²) in [6, 6.07) is 26.1. The second kappa shape index (κ2) is 8.78. The lowest BCUT2D eigenvalue weighted by Gasteiger charge is -2.31. The van der Waals surface area contributed by atoms with Gasteiger partial charge in [-0.05, 0) is 61.4 Å². The number of para-hydroxylation sites is 2. The Balaban J connectivity index is 1.15. The third kappa shape index (κ3) is 4.54. The molecule has 4 aromatic rings. The summed E-state index contributed by atoms with van der Waals surface area (Å²) in [6.07, 6.45) is 1.69. The van der Waals surface area contributed by atoms with Crippen molar-refractivity contribution >= 4 is 49.7 Å². The highest BCUT2D eigenvalue weighted by Gasteiger charge is 2.26. The molecule has 0 bridgehead atoms. The Bertz CT molecular complexity index is 1130. The fourth-order valence-electron chi connectivity index (χ4n) is 3.90. The number of amides is 1. The molecule has 2 heterocycles. The first-order chi connectivity index (χ1) is 15.2. The van der Waals surface area contributed by atoms with E-state index in [1.54, 1.807) is 11.3 Å². The van der Waals surface area contributed by atoms with E-state index in [9.17, 15) is 4.79 Å². The average Bonchev–Trinajstić information content (AvgIpc) is 3.25. The summed E-state index contributed by atoms with van der Waals surface area (Å²) in [6.45, 7) is 1.72. The van der Waals surface area contributed by atoms with Gasteiger partial charge >= 0.3 is 0 Å². The number of nitrogens with one attached hydrogen (secondary N) is 2. The van der Waals surface area contributed by atoms with Gasteiger partial charge in [0.1, 0.15) is 0 Å². The van der Waals surface area contributed by atoms with Crippen LogP contribution in [0.15, 0.2) is 78.9 Å². The van der Waals surface area contributed by atoms with Crippen LogP contribution in [-0.4, -0.2) is 24.0 Å². The van der Waals surface area contributed by atoms with Crippen molar-refractivity contribution in [3.8, 4) is 0 Å². The predicted molar refractivity (Wildman–Crippen MR) is 129 cm³/mol. The monoisotopic (exact) mass is 428 g/mol. The van der Waals surface area contributed by atoms with Gasteiger partial charge in [0.05, 0.1) is 10.2 Å². The number of nitrogens with zero attached hydrogens (tertiary/aromatic N) is 2. The van der Waals surface area contributed by atoms with Gasteiger partial charge in [-0.25, -0.2) is 4.98 Å². The van der Waals surface area contributed by atoms with Crippen LogP contribution in [0, 0.1) is 5.92 Å². The zero-order chi connectivity index (χ0) is 21.0. The van der Waals surface area contributed by atoms with E-state index in [4.69, 9.17) is 4.98 Å². The molecule has 1 amide bonds. The summed E-state index contributed by atoms with van der Waals surface area (Å²) in [4.78, 5) is 19.8. The summed E-state index contributed by atoms with van der Waals surface area (Å²) >= 11 is 1.73. The quantitative estimate of drug-likeness (QED) is 0.416. The first kappa shape index (κ1) is 19.6. The van der Waals surface area contributed by atoms with Gasteiger partial charge in [-0.3, -0.25) is 4.79 Å². The molecule has 5 nitrogen and oxygen atoms in total. The molecule has 0 radical (unpaired) electrons. The minimum atomic E-state index is 0.0350. The number of anilines is 4. The van der Waals surface area contributed by atoms with Gasteiger partial charge in [0.25, 0.3) is 0 Å². The van der Waals surface area contributed by atoms with E-state index in [2.05, 4.69) is 27.7 Å². The van der Waals surface area contributed by atoms with E-state index in [0.717, 1.165) is 53.6 Å². The SMILES string of the molecule is O=C(Nc1ccc(Nc2ccccc2)cc1)C1CCN(c2nc3ccccc3s2)CC1. The first-order valence-corrected chi connectivity index (χ1v) is 11.4. The highest BCUT2D eigenvalue weighted by Crippen LogP contribution is 2.31. The average molecular weight is 429 g/mol. The number of carbonyl (C=O) groups excluding carboxylic acids is 1. The van der Waals surface area contributed by atoms with Gasteiger partial charge in [-0.2, -0.15) is 0 Å². The molecule has 5 rings (SSSR count). The number of hydrogen-bond acceptors (Lipinski definition) is 5. The second-order valence-corrected chi connectivity index (χ2v) is 8.79. The Hall–Kier alpha value is -3.38. The van der Waals surface area contributed by atoms with Crippen molar-refractivity contribution in [1.29, 1.82) is 0 Å². The number of fused-ring (bicyclic) bond motifs is 1. The van der Waals surface area contributed by atoms with Crippen molar-refractivity contribution < 1.29 is 4.79 Å². The van der Waals surface area contributed by atoms with Crippen molar-refractivity contribution in [1.82, 2.24) is 4.98 Å². The maximum atomic E-state index is 12.8. The zero-order valence-corrected chi connectivity index (χ0v) is 17.9. The van der Waals surface area contributed by atoms with Gasteiger partial charge in [0.2, 0.25) is 5.91 Å². The van der Waals surface area contributed by atoms with E-state index in [1.165, 1.54) is 4.70 Å². The van der Waals surface area contributed by atoms with Crippen LogP contribution in [0.4, 0.5) is 22.2 Å². The zero-order valence-electron chi connectivity index (χ0n) is 17.1. The molecule has 1 aliphatic rings. The van der Waals surface area contributed by atoms with Crippen LogP contribution in [0.25, 0.3) is 10.2 Å². The Morgan fingerprint density at radius 3 is 2.23 bits per heavy atom. The van der Waals surface area contributed by atoms with E-state index < -0.39 is 0 Å². The number of carbonyl (C=O) groups is 1. The minimum Gasteiger partial charge on any atom is -0.356 e. The highest BCUT2D eigenvalue weighted by atomic mass is 32.1. The van der Waals surface area contributed by atoms with Gasteiger partial charge in [0.15, 0.2) is 5.13 Å². The van der Waals surface area contributed by atoms with Crippen molar-refractivity contribution in [3.63, 3.8) is 0 Å². The van der Waals surface area contributed by atoms with Crippen LogP contribution in [0.5, 0.6) is 0 Å². The fourth-order valence-corrected chi connectivity index (χ4v) is 4.91. The third-order valence-corrected chi connectivity index (χ3v) is 6.73. The van der Waals surface area contributed by atoms with Crippen LogP contribution in [0.2, 0.25) is 0 Å². The van der Waals surface area contributed by atoms with Crippen molar-refractivity contribution in [2.45, 2.75) is 12.8 Å². The number of aromatic nitrogens is 1. The maximum absolute atomic E-state index is 12.8. The Morgan fingerprint density at radius 2 is 1.48 bits per heavy atom. The van der Waals surface area contributed by atoms with Crippen LogP contribution in [0.1, 0.15) is 12.8 Å². The first-order valence-electron chi connectivity index (χ1n) is 10.6. The maximum Gasteiger partial charge on any atom is 0.227 e. The molecule has 0 aliphatic carbocycles. The summed E-state index contributed by atoms with van der Waals surface area (Å²) in [7, 11) is 0. The lowest BCUT2D eigenvalue weighted by molar-refractivity contribution is -0.120. The number of thiazole rings is 1. The molecule has 6 heteroatoms. The molecule has 0 saturated carbocycles. The number of hydrogen-bond donors (Lipinski definition) is 2. The van der Waals surface area contributed by atoms with Crippen molar-refractivity contribution in [3.05, 3.63) is 78.9 Å². The van der Waals surface area contributed by atoms with Crippen LogP contribution < -0.4 is 15.5 Å². The molecule has 31 heavy (non-hydrogen) atoms. The minimum absolute atomic E-state index is 0.0350. The van der Waals surface area contributed by atoms with Crippen molar-refractivity contribution in [2.75, 3.05) is 28.6 Å². The summed E-state index contributed by atoms with van der Waals surface area (Å²) in [5.41, 5.74) is 3.91. The lowest BCUT2D eigenvalue weighted by atomic mass is 9.96. The fraction of sp³-hybridized carbons (Fsp3) is 0.200.